The van der Waals surface area contributed by atoms with E-state index in [-0.39, 0.29) is 5.97 Å². The van der Waals surface area contributed by atoms with Crippen molar-refractivity contribution in [3.05, 3.63) is 0 Å². The number of unbranched alkanes of at least 4 members (excludes halogenated alkanes) is 1. The van der Waals surface area contributed by atoms with Crippen molar-refractivity contribution in [1.29, 1.82) is 0 Å². The predicted octanol–water partition coefficient (Wildman–Crippen LogP) is 2.68. The largest absolute Gasteiger partial charge is 0.468 e. The van der Waals surface area contributed by atoms with Crippen LogP contribution < -0.4 is 5.32 Å². The SMILES string of the molecule is CNC(C)(CCCCN1CCC(C(C)(C)C)C1)C(=O)OC. The molecule has 0 aromatic rings. The maximum absolute atomic E-state index is 11.8. The smallest absolute Gasteiger partial charge is 0.325 e. The molecular formula is C17H34N2O2. The fraction of sp³-hybridized carbons (Fsp3) is 0.941. The van der Waals surface area contributed by atoms with Gasteiger partial charge in [0.1, 0.15) is 5.54 Å². The minimum absolute atomic E-state index is 0.168. The van der Waals surface area contributed by atoms with Crippen molar-refractivity contribution in [1.82, 2.24) is 10.2 Å². The van der Waals surface area contributed by atoms with E-state index in [2.05, 4.69) is 31.0 Å². The van der Waals surface area contributed by atoms with E-state index in [0.29, 0.717) is 5.41 Å². The van der Waals surface area contributed by atoms with Crippen LogP contribution in [0, 0.1) is 11.3 Å². The molecule has 1 rings (SSSR count). The summed E-state index contributed by atoms with van der Waals surface area (Å²) in [6.07, 6.45) is 4.33. The topological polar surface area (TPSA) is 41.6 Å². The van der Waals surface area contributed by atoms with Gasteiger partial charge in [0.15, 0.2) is 0 Å². The van der Waals surface area contributed by atoms with E-state index < -0.39 is 5.54 Å². The molecule has 1 aliphatic heterocycles. The van der Waals surface area contributed by atoms with Crippen molar-refractivity contribution in [3.63, 3.8) is 0 Å². The van der Waals surface area contributed by atoms with E-state index in [0.717, 1.165) is 31.7 Å². The molecule has 0 bridgehead atoms. The number of likely N-dealkylation sites (N-methyl/N-ethyl adjacent to an activating group) is 1. The van der Waals surface area contributed by atoms with Crippen LogP contribution in [0.5, 0.6) is 0 Å². The number of carbonyl (C=O) groups excluding carboxylic acids is 1. The lowest BCUT2D eigenvalue weighted by Crippen LogP contribution is -2.48. The van der Waals surface area contributed by atoms with Gasteiger partial charge in [0, 0.05) is 6.54 Å². The quantitative estimate of drug-likeness (QED) is 0.579. The average Bonchev–Trinajstić information content (AvgIpc) is 2.91. The van der Waals surface area contributed by atoms with Gasteiger partial charge >= 0.3 is 5.97 Å². The molecule has 1 fully saturated rings. The lowest BCUT2D eigenvalue weighted by molar-refractivity contribution is -0.148. The first-order valence-corrected chi connectivity index (χ1v) is 8.22. The van der Waals surface area contributed by atoms with Crippen molar-refractivity contribution < 1.29 is 9.53 Å². The summed E-state index contributed by atoms with van der Waals surface area (Å²) in [4.78, 5) is 14.3. The molecule has 1 heterocycles. The highest BCUT2D eigenvalue weighted by molar-refractivity contribution is 5.80. The maximum Gasteiger partial charge on any atom is 0.325 e. The summed E-state index contributed by atoms with van der Waals surface area (Å²) < 4.78 is 4.88. The van der Waals surface area contributed by atoms with Crippen molar-refractivity contribution in [3.8, 4) is 0 Å². The molecule has 0 aromatic carbocycles. The zero-order chi connectivity index (χ0) is 16.1. The fourth-order valence-corrected chi connectivity index (χ4v) is 3.11. The summed E-state index contributed by atoms with van der Waals surface area (Å²) in [6, 6.07) is 0. The number of rotatable bonds is 7. The second kappa shape index (κ2) is 7.59. The third kappa shape index (κ3) is 5.26. The fourth-order valence-electron chi connectivity index (χ4n) is 3.11. The van der Waals surface area contributed by atoms with Gasteiger partial charge in [-0.2, -0.15) is 0 Å². The molecule has 4 nitrogen and oxygen atoms in total. The Morgan fingerprint density at radius 3 is 2.43 bits per heavy atom. The molecule has 2 atom stereocenters. The first-order chi connectivity index (χ1) is 9.73. The first kappa shape index (κ1) is 18.4. The van der Waals surface area contributed by atoms with Crippen LogP contribution >= 0.6 is 0 Å². The van der Waals surface area contributed by atoms with Crippen LogP contribution in [0.15, 0.2) is 0 Å². The van der Waals surface area contributed by atoms with Gasteiger partial charge in [0.2, 0.25) is 0 Å². The molecule has 21 heavy (non-hydrogen) atoms. The van der Waals surface area contributed by atoms with Crippen molar-refractivity contribution in [2.24, 2.45) is 11.3 Å². The van der Waals surface area contributed by atoms with Gasteiger partial charge in [-0.05, 0) is 64.1 Å². The minimum Gasteiger partial charge on any atom is -0.468 e. The van der Waals surface area contributed by atoms with Gasteiger partial charge in [-0.25, -0.2) is 0 Å². The first-order valence-electron chi connectivity index (χ1n) is 8.22. The Bertz CT molecular complexity index is 338. The Labute approximate surface area is 130 Å². The van der Waals surface area contributed by atoms with Crippen LogP contribution in [0.25, 0.3) is 0 Å². The number of hydrogen-bond donors (Lipinski definition) is 1. The molecule has 4 heteroatoms. The molecule has 0 spiro atoms. The number of hydrogen-bond acceptors (Lipinski definition) is 4. The highest BCUT2D eigenvalue weighted by Crippen LogP contribution is 2.33. The van der Waals surface area contributed by atoms with E-state index >= 15 is 0 Å². The molecule has 0 aliphatic carbocycles. The van der Waals surface area contributed by atoms with Crippen LogP contribution in [0.4, 0.5) is 0 Å². The Hall–Kier alpha value is -0.610. The number of nitrogens with zero attached hydrogens (tertiary/aromatic N) is 1. The third-order valence-corrected chi connectivity index (χ3v) is 5.09. The minimum atomic E-state index is -0.548. The van der Waals surface area contributed by atoms with Crippen LogP contribution in [-0.4, -0.2) is 50.2 Å². The Morgan fingerprint density at radius 2 is 1.95 bits per heavy atom. The Kier molecular flexibility index (Phi) is 6.67. The van der Waals surface area contributed by atoms with E-state index in [1.54, 1.807) is 0 Å². The van der Waals surface area contributed by atoms with E-state index in [1.807, 2.05) is 14.0 Å². The lowest BCUT2D eigenvalue weighted by atomic mass is 9.80. The standard InChI is InChI=1S/C17H34N2O2/c1-16(2,3)14-9-12-19(13-14)11-8-7-10-17(4,18-5)15(20)21-6/h14,18H,7-13H2,1-6H3. The van der Waals surface area contributed by atoms with Crippen LogP contribution in [0.1, 0.15) is 53.4 Å². The zero-order valence-corrected chi connectivity index (χ0v) is 14.8. The number of esters is 1. The second-order valence-corrected chi connectivity index (χ2v) is 7.68. The van der Waals surface area contributed by atoms with Crippen LogP contribution in [0.2, 0.25) is 0 Å². The van der Waals surface area contributed by atoms with E-state index in [4.69, 9.17) is 4.74 Å². The molecular weight excluding hydrogens is 264 g/mol. The molecule has 0 amide bonds. The molecule has 0 radical (unpaired) electrons. The summed E-state index contributed by atoms with van der Waals surface area (Å²) in [5.41, 5.74) is -0.127. The van der Waals surface area contributed by atoms with E-state index in [9.17, 15) is 4.79 Å². The summed E-state index contributed by atoms with van der Waals surface area (Å²) in [6.45, 7) is 12.5. The lowest BCUT2D eigenvalue weighted by Gasteiger charge is -2.28. The summed E-state index contributed by atoms with van der Waals surface area (Å²) in [5, 5.41) is 3.10. The zero-order valence-electron chi connectivity index (χ0n) is 14.8. The van der Waals surface area contributed by atoms with Gasteiger partial charge in [0.05, 0.1) is 7.11 Å². The molecule has 0 aromatic heterocycles. The average molecular weight is 298 g/mol. The second-order valence-electron chi connectivity index (χ2n) is 7.68. The highest BCUT2D eigenvalue weighted by Gasteiger charge is 2.33. The number of likely N-dealkylation sites (tertiary alicyclic amines) is 1. The van der Waals surface area contributed by atoms with Crippen LogP contribution in [-0.2, 0) is 9.53 Å². The third-order valence-electron chi connectivity index (χ3n) is 5.09. The van der Waals surface area contributed by atoms with Gasteiger partial charge in [0.25, 0.3) is 0 Å². The molecule has 124 valence electrons. The number of methoxy groups -OCH3 is 1. The number of ether oxygens (including phenoxy) is 1. The Balaban J connectivity index is 2.28. The van der Waals surface area contributed by atoms with Gasteiger partial charge in [-0.15, -0.1) is 0 Å². The van der Waals surface area contributed by atoms with Gasteiger partial charge in [-0.3, -0.25) is 4.79 Å². The van der Waals surface area contributed by atoms with Crippen molar-refractivity contribution in [2.45, 2.75) is 58.9 Å². The molecule has 1 aliphatic rings. The molecule has 1 saturated heterocycles. The molecule has 2 unspecified atom stereocenters. The predicted molar refractivity (Wildman–Crippen MR) is 87.3 cm³/mol. The molecule has 1 N–H and O–H groups in total. The van der Waals surface area contributed by atoms with Gasteiger partial charge < -0.3 is 15.0 Å². The highest BCUT2D eigenvalue weighted by atomic mass is 16.5. The Morgan fingerprint density at radius 1 is 1.29 bits per heavy atom. The van der Waals surface area contributed by atoms with Crippen molar-refractivity contribution >= 4 is 5.97 Å². The monoisotopic (exact) mass is 298 g/mol. The van der Waals surface area contributed by atoms with Crippen molar-refractivity contribution in [2.75, 3.05) is 33.8 Å². The summed E-state index contributed by atoms with van der Waals surface area (Å²) >= 11 is 0. The normalized spacial score (nSPS) is 23.0. The molecule has 0 saturated carbocycles. The van der Waals surface area contributed by atoms with Gasteiger partial charge in [-0.1, -0.05) is 20.8 Å². The number of carbonyl (C=O) groups is 1. The summed E-state index contributed by atoms with van der Waals surface area (Å²) in [7, 11) is 3.28. The summed E-state index contributed by atoms with van der Waals surface area (Å²) in [5.74, 6) is 0.647. The van der Waals surface area contributed by atoms with Crippen LogP contribution in [0.3, 0.4) is 0 Å². The number of nitrogens with one attached hydrogen (secondary N) is 1. The maximum atomic E-state index is 11.8. The van der Waals surface area contributed by atoms with E-state index in [1.165, 1.54) is 26.6 Å².